The normalized spacial score (nSPS) is 39.3. The van der Waals surface area contributed by atoms with Crippen LogP contribution in [0.1, 0.15) is 33.1 Å². The highest BCUT2D eigenvalue weighted by Gasteiger charge is 2.36. The highest BCUT2D eigenvalue weighted by molar-refractivity contribution is 4.88. The molecule has 13 heavy (non-hydrogen) atoms. The van der Waals surface area contributed by atoms with Crippen molar-refractivity contribution < 1.29 is 0 Å². The summed E-state index contributed by atoms with van der Waals surface area (Å²) in [7, 11) is 0. The average molecular weight is 181 g/mol. The van der Waals surface area contributed by atoms with Gasteiger partial charge in [-0.1, -0.05) is 19.9 Å². The Hall–Kier alpha value is -0.300. The largest absolute Gasteiger partial charge is 0.330 e. The van der Waals surface area contributed by atoms with Gasteiger partial charge in [0.1, 0.15) is 0 Å². The number of rotatable bonds is 4. The summed E-state index contributed by atoms with van der Waals surface area (Å²) in [6, 6.07) is 0. The van der Waals surface area contributed by atoms with Crippen molar-refractivity contribution in [1.29, 1.82) is 0 Å². The lowest BCUT2D eigenvalue weighted by molar-refractivity contribution is 0.290. The molecule has 1 heteroatoms. The second-order valence-electron chi connectivity index (χ2n) is 4.62. The molecule has 4 unspecified atom stereocenters. The molecule has 1 saturated carbocycles. The molecule has 4 atom stereocenters. The molecule has 0 amide bonds. The second kappa shape index (κ2) is 4.80. The summed E-state index contributed by atoms with van der Waals surface area (Å²) in [4.78, 5) is 0. The number of hydrogen-bond donors (Lipinski definition) is 1. The summed E-state index contributed by atoms with van der Waals surface area (Å²) >= 11 is 0. The minimum absolute atomic E-state index is 0.759. The molecule has 0 aliphatic heterocycles. The molecule has 2 N–H and O–H groups in total. The van der Waals surface area contributed by atoms with Gasteiger partial charge in [0.05, 0.1) is 0 Å². The quantitative estimate of drug-likeness (QED) is 0.663. The predicted molar refractivity (Wildman–Crippen MR) is 58.4 cm³/mol. The van der Waals surface area contributed by atoms with Gasteiger partial charge in [0, 0.05) is 0 Å². The molecular weight excluding hydrogens is 158 g/mol. The maximum Gasteiger partial charge on any atom is -0.00436 e. The zero-order chi connectivity index (χ0) is 9.84. The number of nitrogens with two attached hydrogens (primary N) is 1. The van der Waals surface area contributed by atoms with Crippen molar-refractivity contribution >= 4 is 0 Å². The minimum atomic E-state index is 0.759. The van der Waals surface area contributed by atoms with Gasteiger partial charge < -0.3 is 5.73 Å². The monoisotopic (exact) mass is 181 g/mol. The Balaban J connectivity index is 2.52. The van der Waals surface area contributed by atoms with Crippen LogP contribution < -0.4 is 5.73 Å². The molecule has 1 nitrogen and oxygen atoms in total. The second-order valence-corrected chi connectivity index (χ2v) is 4.62. The van der Waals surface area contributed by atoms with Crippen LogP contribution in [0, 0.1) is 23.7 Å². The van der Waals surface area contributed by atoms with Gasteiger partial charge in [-0.25, -0.2) is 0 Å². The summed E-state index contributed by atoms with van der Waals surface area (Å²) in [6.45, 7) is 9.38. The van der Waals surface area contributed by atoms with Crippen molar-refractivity contribution in [3.8, 4) is 0 Å². The molecule has 1 rings (SSSR count). The molecule has 1 aliphatic rings. The Bertz CT molecular complexity index is 165. The molecule has 0 heterocycles. The summed E-state index contributed by atoms with van der Waals surface area (Å²) in [5.41, 5.74) is 5.82. The molecule has 0 bridgehead atoms. The van der Waals surface area contributed by atoms with Crippen molar-refractivity contribution in [3.05, 3.63) is 12.7 Å². The third-order valence-electron chi connectivity index (χ3n) is 3.73. The number of hydrogen-bond acceptors (Lipinski definition) is 1. The fraction of sp³-hybridized carbons (Fsp3) is 0.833. The van der Waals surface area contributed by atoms with Crippen molar-refractivity contribution in [1.82, 2.24) is 0 Å². The molecule has 0 aromatic heterocycles. The van der Waals surface area contributed by atoms with Crippen LogP contribution >= 0.6 is 0 Å². The van der Waals surface area contributed by atoms with Crippen molar-refractivity contribution in [2.24, 2.45) is 29.4 Å². The lowest BCUT2D eigenvalue weighted by Gasteiger charge is -2.22. The van der Waals surface area contributed by atoms with E-state index in [4.69, 9.17) is 5.73 Å². The molecule has 0 spiro atoms. The third kappa shape index (κ3) is 2.34. The first-order valence-electron chi connectivity index (χ1n) is 5.51. The van der Waals surface area contributed by atoms with Crippen molar-refractivity contribution in [3.63, 3.8) is 0 Å². The lowest BCUT2D eigenvalue weighted by atomic mass is 9.84. The Morgan fingerprint density at radius 2 is 1.92 bits per heavy atom. The van der Waals surface area contributed by atoms with Crippen LogP contribution in [0.15, 0.2) is 12.7 Å². The Morgan fingerprint density at radius 3 is 2.46 bits per heavy atom. The zero-order valence-corrected chi connectivity index (χ0v) is 9.00. The van der Waals surface area contributed by atoms with Gasteiger partial charge in [0.25, 0.3) is 0 Å². The highest BCUT2D eigenvalue weighted by atomic mass is 14.6. The van der Waals surface area contributed by atoms with Gasteiger partial charge in [-0.3, -0.25) is 0 Å². The van der Waals surface area contributed by atoms with E-state index in [2.05, 4.69) is 20.4 Å². The molecule has 76 valence electrons. The first kappa shape index (κ1) is 10.8. The first-order valence-corrected chi connectivity index (χ1v) is 5.51. The van der Waals surface area contributed by atoms with Gasteiger partial charge in [-0.15, -0.1) is 6.58 Å². The molecule has 0 aromatic rings. The Morgan fingerprint density at radius 1 is 1.31 bits per heavy atom. The fourth-order valence-electron chi connectivity index (χ4n) is 3.00. The van der Waals surface area contributed by atoms with Gasteiger partial charge in [-0.05, 0) is 49.5 Å². The predicted octanol–water partition coefficient (Wildman–Crippen LogP) is 2.82. The van der Waals surface area contributed by atoms with Crippen molar-refractivity contribution in [2.75, 3.05) is 6.54 Å². The molecule has 1 aliphatic carbocycles. The van der Waals surface area contributed by atoms with E-state index in [0.29, 0.717) is 0 Å². The van der Waals surface area contributed by atoms with E-state index in [1.165, 1.54) is 12.8 Å². The summed E-state index contributed by atoms with van der Waals surface area (Å²) in [5.74, 6) is 3.30. The van der Waals surface area contributed by atoms with Crippen LogP contribution in [0.3, 0.4) is 0 Å². The van der Waals surface area contributed by atoms with E-state index < -0.39 is 0 Å². The molecule has 0 saturated heterocycles. The molecule has 0 radical (unpaired) electrons. The maximum absolute atomic E-state index is 5.82. The van der Waals surface area contributed by atoms with Gasteiger partial charge in [0.2, 0.25) is 0 Å². The van der Waals surface area contributed by atoms with E-state index in [9.17, 15) is 0 Å². The topological polar surface area (TPSA) is 26.0 Å². The zero-order valence-electron chi connectivity index (χ0n) is 9.00. The maximum atomic E-state index is 5.82. The Kier molecular flexibility index (Phi) is 3.98. The van der Waals surface area contributed by atoms with Gasteiger partial charge in [-0.2, -0.15) is 0 Å². The van der Waals surface area contributed by atoms with Crippen LogP contribution in [-0.4, -0.2) is 6.54 Å². The minimum Gasteiger partial charge on any atom is -0.330 e. The fourth-order valence-corrected chi connectivity index (χ4v) is 3.00. The average Bonchev–Trinajstić information content (AvgIpc) is 2.37. The third-order valence-corrected chi connectivity index (χ3v) is 3.73. The van der Waals surface area contributed by atoms with E-state index in [0.717, 1.165) is 36.6 Å². The first-order chi connectivity index (χ1) is 6.20. The summed E-state index contributed by atoms with van der Waals surface area (Å²) in [6.07, 6.45) is 5.84. The standard InChI is InChI=1S/C12H23N/c1-4-5-6-11-9(2)7-10(3)12(11)8-13/h4,9-12H,1,5-8,13H2,2-3H3. The van der Waals surface area contributed by atoms with Crippen LogP contribution in [0.4, 0.5) is 0 Å². The van der Waals surface area contributed by atoms with Gasteiger partial charge in [0.15, 0.2) is 0 Å². The lowest BCUT2D eigenvalue weighted by Crippen LogP contribution is -2.24. The van der Waals surface area contributed by atoms with E-state index >= 15 is 0 Å². The SMILES string of the molecule is C=CCCC1C(C)CC(C)C1CN. The van der Waals surface area contributed by atoms with E-state index in [1.807, 2.05) is 6.08 Å². The van der Waals surface area contributed by atoms with Crippen LogP contribution in [0.2, 0.25) is 0 Å². The smallest absolute Gasteiger partial charge is 0.00436 e. The molecule has 1 fully saturated rings. The van der Waals surface area contributed by atoms with E-state index in [-0.39, 0.29) is 0 Å². The number of allylic oxidation sites excluding steroid dienone is 1. The molecule has 0 aromatic carbocycles. The molecular formula is C12H23N. The van der Waals surface area contributed by atoms with Gasteiger partial charge >= 0.3 is 0 Å². The Labute approximate surface area is 82.4 Å². The van der Waals surface area contributed by atoms with Crippen LogP contribution in [0.5, 0.6) is 0 Å². The van der Waals surface area contributed by atoms with E-state index in [1.54, 1.807) is 0 Å². The summed E-state index contributed by atoms with van der Waals surface area (Å²) in [5, 5.41) is 0. The highest BCUT2D eigenvalue weighted by Crippen LogP contribution is 2.42. The van der Waals surface area contributed by atoms with Crippen molar-refractivity contribution in [2.45, 2.75) is 33.1 Å². The van der Waals surface area contributed by atoms with Crippen LogP contribution in [0.25, 0.3) is 0 Å². The van der Waals surface area contributed by atoms with Crippen LogP contribution in [-0.2, 0) is 0 Å². The summed E-state index contributed by atoms with van der Waals surface area (Å²) < 4.78 is 0.